The Morgan fingerprint density at radius 1 is 1.04 bits per heavy atom. The van der Waals surface area contributed by atoms with E-state index in [2.05, 4.69) is 10.0 Å². The number of nitrogens with one attached hydrogen (secondary N) is 2. The molecule has 0 aliphatic heterocycles. The molecule has 1 unspecified atom stereocenters. The van der Waals surface area contributed by atoms with Gasteiger partial charge in [-0.2, -0.15) is 17.9 Å². The van der Waals surface area contributed by atoms with Crippen LogP contribution in [0.5, 0.6) is 0 Å². The number of anilines is 1. The molecule has 0 fully saturated rings. The summed E-state index contributed by atoms with van der Waals surface area (Å²) in [5.74, 6) is -0.905. The SMILES string of the molecule is Cc1ccc(S(=O)(=O)NC(C)C(=O)Nc2ccccc2C(F)(F)F)cc1. The molecule has 0 radical (unpaired) electrons. The number of amides is 1. The summed E-state index contributed by atoms with van der Waals surface area (Å²) in [6.07, 6.45) is -4.64. The van der Waals surface area contributed by atoms with Gasteiger partial charge in [-0.05, 0) is 38.1 Å². The third-order valence-corrected chi connectivity index (χ3v) is 5.10. The molecule has 140 valence electrons. The second-order valence-electron chi connectivity index (χ2n) is 5.69. The maximum Gasteiger partial charge on any atom is 0.418 e. The summed E-state index contributed by atoms with van der Waals surface area (Å²) in [6, 6.07) is 9.13. The number of benzene rings is 2. The highest BCUT2D eigenvalue weighted by molar-refractivity contribution is 7.89. The van der Waals surface area contributed by atoms with Crippen molar-refractivity contribution in [1.82, 2.24) is 4.72 Å². The Morgan fingerprint density at radius 2 is 1.62 bits per heavy atom. The number of sulfonamides is 1. The number of carbonyl (C=O) groups is 1. The molecule has 0 saturated carbocycles. The van der Waals surface area contributed by atoms with Gasteiger partial charge in [0.1, 0.15) is 0 Å². The summed E-state index contributed by atoms with van der Waals surface area (Å²) < 4.78 is 65.6. The molecule has 2 N–H and O–H groups in total. The lowest BCUT2D eigenvalue weighted by Gasteiger charge is -2.17. The number of alkyl halides is 3. The summed E-state index contributed by atoms with van der Waals surface area (Å²) in [5.41, 5.74) is -0.591. The number of hydrogen-bond acceptors (Lipinski definition) is 3. The fourth-order valence-electron chi connectivity index (χ4n) is 2.15. The Labute approximate surface area is 149 Å². The van der Waals surface area contributed by atoms with Gasteiger partial charge in [0.25, 0.3) is 0 Å². The molecule has 0 aliphatic carbocycles. The number of rotatable bonds is 5. The molecule has 26 heavy (non-hydrogen) atoms. The zero-order chi connectivity index (χ0) is 19.5. The van der Waals surface area contributed by atoms with Crippen LogP contribution in [0.2, 0.25) is 0 Å². The normalized spacial score (nSPS) is 13.3. The van der Waals surface area contributed by atoms with Crippen LogP contribution in [-0.4, -0.2) is 20.4 Å². The van der Waals surface area contributed by atoms with Gasteiger partial charge in [-0.15, -0.1) is 0 Å². The number of para-hydroxylation sites is 1. The average molecular weight is 386 g/mol. The molecule has 2 aromatic rings. The Hall–Kier alpha value is -2.39. The monoisotopic (exact) mass is 386 g/mol. The molecule has 0 saturated heterocycles. The van der Waals surface area contributed by atoms with E-state index in [1.54, 1.807) is 19.1 Å². The Bertz CT molecular complexity index is 894. The number of hydrogen-bond donors (Lipinski definition) is 2. The lowest BCUT2D eigenvalue weighted by Crippen LogP contribution is -2.41. The predicted octanol–water partition coefficient (Wildman–Crippen LogP) is 3.32. The van der Waals surface area contributed by atoms with Gasteiger partial charge in [-0.1, -0.05) is 29.8 Å². The highest BCUT2D eigenvalue weighted by atomic mass is 32.2. The van der Waals surface area contributed by atoms with E-state index in [0.29, 0.717) is 0 Å². The van der Waals surface area contributed by atoms with Gasteiger partial charge in [0.15, 0.2) is 0 Å². The molecule has 1 amide bonds. The Balaban J connectivity index is 2.15. The minimum atomic E-state index is -4.64. The third kappa shape index (κ3) is 4.83. The number of aryl methyl sites for hydroxylation is 1. The zero-order valence-electron chi connectivity index (χ0n) is 14.0. The number of halogens is 3. The van der Waals surface area contributed by atoms with Crippen LogP contribution in [0.1, 0.15) is 18.1 Å². The van der Waals surface area contributed by atoms with Crippen molar-refractivity contribution in [3.63, 3.8) is 0 Å². The van der Waals surface area contributed by atoms with Crippen LogP contribution >= 0.6 is 0 Å². The summed E-state index contributed by atoms with van der Waals surface area (Å²) in [5, 5.41) is 2.11. The summed E-state index contributed by atoms with van der Waals surface area (Å²) in [6.45, 7) is 3.04. The van der Waals surface area contributed by atoms with E-state index in [9.17, 15) is 26.4 Å². The van der Waals surface area contributed by atoms with Crippen LogP contribution in [0.4, 0.5) is 18.9 Å². The average Bonchev–Trinajstić information content (AvgIpc) is 2.54. The molecular weight excluding hydrogens is 369 g/mol. The van der Waals surface area contributed by atoms with E-state index in [-0.39, 0.29) is 4.90 Å². The maximum atomic E-state index is 13.0. The Morgan fingerprint density at radius 3 is 2.19 bits per heavy atom. The molecule has 0 aliphatic rings. The lowest BCUT2D eigenvalue weighted by molar-refractivity contribution is -0.137. The fourth-order valence-corrected chi connectivity index (χ4v) is 3.35. The zero-order valence-corrected chi connectivity index (χ0v) is 14.8. The van der Waals surface area contributed by atoms with Crippen LogP contribution in [-0.2, 0) is 21.0 Å². The smallest absolute Gasteiger partial charge is 0.324 e. The van der Waals surface area contributed by atoms with Crippen molar-refractivity contribution < 1.29 is 26.4 Å². The first-order chi connectivity index (χ1) is 12.0. The van der Waals surface area contributed by atoms with Crippen molar-refractivity contribution in [1.29, 1.82) is 0 Å². The molecule has 2 aromatic carbocycles. The molecule has 9 heteroatoms. The van der Waals surface area contributed by atoms with Crippen molar-refractivity contribution >= 4 is 21.6 Å². The van der Waals surface area contributed by atoms with E-state index >= 15 is 0 Å². The number of carbonyl (C=O) groups excluding carboxylic acids is 1. The van der Waals surface area contributed by atoms with Crippen LogP contribution in [0.15, 0.2) is 53.4 Å². The van der Waals surface area contributed by atoms with E-state index < -0.39 is 39.4 Å². The van der Waals surface area contributed by atoms with Crippen molar-refractivity contribution in [3.05, 3.63) is 59.7 Å². The largest absolute Gasteiger partial charge is 0.418 e. The summed E-state index contributed by atoms with van der Waals surface area (Å²) >= 11 is 0. The van der Waals surface area contributed by atoms with Gasteiger partial charge in [0.2, 0.25) is 15.9 Å². The van der Waals surface area contributed by atoms with Crippen LogP contribution in [0, 0.1) is 6.92 Å². The molecule has 2 rings (SSSR count). The van der Waals surface area contributed by atoms with Gasteiger partial charge < -0.3 is 5.32 Å². The van der Waals surface area contributed by atoms with Crippen molar-refractivity contribution in [2.75, 3.05) is 5.32 Å². The minimum Gasteiger partial charge on any atom is -0.324 e. The Kier molecular flexibility index (Phi) is 5.72. The van der Waals surface area contributed by atoms with Crippen molar-refractivity contribution in [2.24, 2.45) is 0 Å². The van der Waals surface area contributed by atoms with Gasteiger partial charge >= 0.3 is 6.18 Å². The van der Waals surface area contributed by atoms with Gasteiger partial charge in [-0.25, -0.2) is 8.42 Å². The van der Waals surface area contributed by atoms with E-state index in [1.165, 1.54) is 31.2 Å². The highest BCUT2D eigenvalue weighted by Gasteiger charge is 2.34. The quantitative estimate of drug-likeness (QED) is 0.828. The first-order valence-corrected chi connectivity index (χ1v) is 9.05. The molecule has 5 nitrogen and oxygen atoms in total. The first kappa shape index (κ1) is 19.9. The van der Waals surface area contributed by atoms with Crippen LogP contribution < -0.4 is 10.0 Å². The van der Waals surface area contributed by atoms with Gasteiger partial charge in [-0.3, -0.25) is 4.79 Å². The molecule has 0 heterocycles. The fraction of sp³-hybridized carbons (Fsp3) is 0.235. The van der Waals surface area contributed by atoms with E-state index in [0.717, 1.165) is 17.7 Å². The third-order valence-electron chi connectivity index (χ3n) is 3.55. The molecule has 0 bridgehead atoms. The van der Waals surface area contributed by atoms with Crippen molar-refractivity contribution in [2.45, 2.75) is 31.0 Å². The molecule has 0 aromatic heterocycles. The topological polar surface area (TPSA) is 75.3 Å². The standard InChI is InChI=1S/C17H17F3N2O3S/c1-11-7-9-13(10-8-11)26(24,25)22-12(2)16(23)21-15-6-4-3-5-14(15)17(18,19)20/h3-10,12,22H,1-2H3,(H,21,23). The molecular formula is C17H17F3N2O3S. The maximum absolute atomic E-state index is 13.0. The second-order valence-corrected chi connectivity index (χ2v) is 7.40. The molecule has 0 spiro atoms. The van der Waals surface area contributed by atoms with E-state index in [4.69, 9.17) is 0 Å². The van der Waals surface area contributed by atoms with Gasteiger partial charge in [0, 0.05) is 0 Å². The lowest BCUT2D eigenvalue weighted by atomic mass is 10.1. The van der Waals surface area contributed by atoms with Crippen LogP contribution in [0.3, 0.4) is 0 Å². The predicted molar refractivity (Wildman–Crippen MR) is 91.0 cm³/mol. The van der Waals surface area contributed by atoms with Gasteiger partial charge in [0.05, 0.1) is 22.2 Å². The first-order valence-electron chi connectivity index (χ1n) is 7.57. The highest BCUT2D eigenvalue weighted by Crippen LogP contribution is 2.34. The summed E-state index contributed by atoms with van der Waals surface area (Å²) in [7, 11) is -3.99. The second kappa shape index (κ2) is 7.46. The van der Waals surface area contributed by atoms with Crippen LogP contribution in [0.25, 0.3) is 0 Å². The molecule has 1 atom stereocenters. The minimum absolute atomic E-state index is 0.0431. The van der Waals surface area contributed by atoms with E-state index in [1.807, 2.05) is 0 Å². The van der Waals surface area contributed by atoms with Crippen molar-refractivity contribution in [3.8, 4) is 0 Å². The summed E-state index contributed by atoms with van der Waals surface area (Å²) in [4.78, 5) is 12.1.